The summed E-state index contributed by atoms with van der Waals surface area (Å²) in [5, 5.41) is 26.6. The lowest BCUT2D eigenvalue weighted by atomic mass is 9.94. The van der Waals surface area contributed by atoms with Gasteiger partial charge in [-0.05, 0) is 101 Å². The van der Waals surface area contributed by atoms with Crippen molar-refractivity contribution >= 4 is 43.6 Å². The van der Waals surface area contributed by atoms with Crippen LogP contribution < -0.4 is 0 Å². The Morgan fingerprint density at radius 3 is 0.979 bits per heavy atom. The summed E-state index contributed by atoms with van der Waals surface area (Å²) < 4.78 is 50.3. The molecule has 16 rings (SSSR count). The Morgan fingerprint density at radius 1 is 0.298 bits per heavy atom. The minimum atomic E-state index is -4.83. The van der Waals surface area contributed by atoms with E-state index in [9.17, 15) is 10.5 Å². The van der Waals surface area contributed by atoms with Crippen LogP contribution in [0.15, 0.2) is 298 Å². The quantitative estimate of drug-likeness (QED) is 0.128. The normalized spacial score (nSPS) is 11.5. The summed E-state index contributed by atoms with van der Waals surface area (Å²) in [6, 6.07) is 92.7. The molecule has 0 spiro atoms. The summed E-state index contributed by atoms with van der Waals surface area (Å²) in [6.45, 7) is 0. The van der Waals surface area contributed by atoms with Gasteiger partial charge >= 0.3 is 6.18 Å². The average Bonchev–Trinajstić information content (AvgIpc) is 1.66. The topological polar surface area (TPSA) is 109 Å². The lowest BCUT2D eigenvalue weighted by Gasteiger charge is -2.21. The third-order valence-electron chi connectivity index (χ3n) is 17.6. The number of alkyl halides is 3. The third-order valence-corrected chi connectivity index (χ3v) is 17.6. The summed E-state index contributed by atoms with van der Waals surface area (Å²) in [7, 11) is 0. The van der Waals surface area contributed by atoms with Crippen LogP contribution in [-0.2, 0) is 6.18 Å². The molecule has 16 aromatic rings. The molecule has 0 aliphatic carbocycles. The fourth-order valence-electron chi connectivity index (χ4n) is 13.4. The van der Waals surface area contributed by atoms with Gasteiger partial charge in [0.25, 0.3) is 0 Å². The van der Waals surface area contributed by atoms with Crippen LogP contribution in [0.3, 0.4) is 0 Å². The minimum Gasteiger partial charge on any atom is -0.308 e. The van der Waals surface area contributed by atoms with Crippen molar-refractivity contribution in [3.05, 3.63) is 314 Å². The number of nitriles is 2. The van der Waals surface area contributed by atoms with Crippen LogP contribution in [0.25, 0.3) is 156 Å². The Hall–Kier alpha value is -12.8. The molecular weight excluding hydrogens is 1170 g/mol. The highest BCUT2D eigenvalue weighted by Gasteiger charge is 2.33. The maximum atomic E-state index is 15.4. The largest absolute Gasteiger partial charge is 0.416 e. The summed E-state index contributed by atoms with van der Waals surface area (Å²) in [4.78, 5) is 19.7. The van der Waals surface area contributed by atoms with E-state index in [1.807, 2.05) is 174 Å². The molecule has 0 unspecified atom stereocenters. The molecule has 0 saturated heterocycles. The van der Waals surface area contributed by atoms with Crippen LogP contribution in [-0.4, -0.2) is 29.1 Å². The standard InChI is InChI=1S/C83H49F3N8/c84-83(85,86)62-44-52(50-87)43-61(45-62)67-37-38-73(93-74-46-57(63-25-13-39-89-78(63)53-17-5-1-6-18-53)29-33-68(74)69-34-30-58(47-75(69)93)64-26-14-40-90-79(64)54-19-7-2-8-20-54)72(51-88)82(67)94-76-48-59(65-27-15-41-91-80(65)55-21-9-3-10-22-55)31-35-70(76)71-36-32-60(49-77(71)94)66-28-16-42-92-81(66)56-23-11-4-12-24-56/h1-49H. The van der Waals surface area contributed by atoms with Crippen molar-refractivity contribution < 1.29 is 13.2 Å². The Kier molecular flexibility index (Phi) is 13.9. The first-order chi connectivity index (χ1) is 46.2. The van der Waals surface area contributed by atoms with Gasteiger partial charge in [-0.1, -0.05) is 200 Å². The van der Waals surface area contributed by atoms with Crippen LogP contribution >= 0.6 is 0 Å². The number of nitrogens with zero attached hydrogens (tertiary/aromatic N) is 8. The molecule has 6 heterocycles. The lowest BCUT2D eigenvalue weighted by molar-refractivity contribution is -0.137. The molecule has 0 bridgehead atoms. The van der Waals surface area contributed by atoms with Gasteiger partial charge in [0.2, 0.25) is 0 Å². The van der Waals surface area contributed by atoms with Crippen molar-refractivity contribution in [3.63, 3.8) is 0 Å². The first-order valence-corrected chi connectivity index (χ1v) is 30.6. The van der Waals surface area contributed by atoms with E-state index in [-0.39, 0.29) is 22.3 Å². The maximum Gasteiger partial charge on any atom is 0.416 e. The number of benzene rings is 10. The fraction of sp³-hybridized carbons (Fsp3) is 0.0120. The van der Waals surface area contributed by atoms with Crippen molar-refractivity contribution in [2.45, 2.75) is 6.18 Å². The maximum absolute atomic E-state index is 15.4. The second kappa shape index (κ2) is 23.2. The van der Waals surface area contributed by atoms with Crippen LogP contribution in [0.1, 0.15) is 16.7 Å². The van der Waals surface area contributed by atoms with Gasteiger partial charge in [0.15, 0.2) is 0 Å². The molecular formula is C83H49F3N8. The Labute approximate surface area is 538 Å². The molecule has 10 aromatic carbocycles. The molecule has 0 amide bonds. The highest BCUT2D eigenvalue weighted by atomic mass is 19.4. The molecule has 0 aliphatic rings. The summed E-state index contributed by atoms with van der Waals surface area (Å²) >= 11 is 0. The molecule has 0 radical (unpaired) electrons. The van der Waals surface area contributed by atoms with E-state index in [0.717, 1.165) is 134 Å². The van der Waals surface area contributed by atoms with E-state index in [2.05, 4.69) is 95.6 Å². The van der Waals surface area contributed by atoms with Crippen molar-refractivity contribution in [2.24, 2.45) is 0 Å². The van der Waals surface area contributed by atoms with Crippen molar-refractivity contribution in [1.29, 1.82) is 10.5 Å². The van der Waals surface area contributed by atoms with Crippen molar-refractivity contribution in [2.75, 3.05) is 0 Å². The first kappa shape index (κ1) is 56.4. The number of hydrogen-bond donors (Lipinski definition) is 0. The van der Waals surface area contributed by atoms with E-state index < -0.39 is 11.7 Å². The van der Waals surface area contributed by atoms with Crippen LogP contribution in [0.5, 0.6) is 0 Å². The predicted octanol–water partition coefficient (Wildman–Crippen LogP) is 21.2. The molecule has 94 heavy (non-hydrogen) atoms. The average molecular weight is 1220 g/mol. The smallest absolute Gasteiger partial charge is 0.308 e. The van der Waals surface area contributed by atoms with Crippen LogP contribution in [0, 0.1) is 22.7 Å². The number of aromatic nitrogens is 6. The summed E-state index contributed by atoms with van der Waals surface area (Å²) in [5.41, 5.74) is 16.4. The first-order valence-electron chi connectivity index (χ1n) is 30.6. The number of rotatable bonds is 11. The second-order valence-electron chi connectivity index (χ2n) is 23.0. The van der Waals surface area contributed by atoms with Gasteiger partial charge in [-0.15, -0.1) is 0 Å². The van der Waals surface area contributed by atoms with Gasteiger partial charge in [0.05, 0.1) is 73.4 Å². The van der Waals surface area contributed by atoms with Crippen molar-refractivity contribution in [1.82, 2.24) is 29.1 Å². The van der Waals surface area contributed by atoms with Gasteiger partial charge in [0.1, 0.15) is 11.6 Å². The molecule has 442 valence electrons. The SMILES string of the molecule is N#Cc1cc(-c2ccc(-n3c4cc(-c5cccnc5-c5ccccc5)ccc4c4ccc(-c5cccnc5-c5ccccc5)cc43)c(C#N)c2-n2c3cc(-c4cccnc4-c4ccccc4)ccc3c3ccc(-c4cccnc4-c4ccccc4)cc32)cc(C(F)(F)F)c1. The van der Waals surface area contributed by atoms with Crippen molar-refractivity contribution in [3.8, 4) is 124 Å². The van der Waals surface area contributed by atoms with Crippen LogP contribution in [0.2, 0.25) is 0 Å². The van der Waals surface area contributed by atoms with E-state index in [4.69, 9.17) is 19.9 Å². The molecule has 0 atom stereocenters. The highest BCUT2D eigenvalue weighted by Crippen LogP contribution is 2.47. The van der Waals surface area contributed by atoms with Gasteiger partial charge in [0, 0.05) is 96.4 Å². The molecule has 0 fully saturated rings. The number of pyridine rings is 4. The summed E-state index contributed by atoms with van der Waals surface area (Å²) in [5.74, 6) is 0. The molecule has 11 heteroatoms. The predicted molar refractivity (Wildman–Crippen MR) is 370 cm³/mol. The van der Waals surface area contributed by atoms with E-state index in [1.165, 1.54) is 6.07 Å². The Balaban J connectivity index is 1.05. The monoisotopic (exact) mass is 1210 g/mol. The molecule has 0 saturated carbocycles. The molecule has 6 aromatic heterocycles. The van der Waals surface area contributed by atoms with Gasteiger partial charge in [-0.2, -0.15) is 23.7 Å². The van der Waals surface area contributed by atoms with E-state index in [1.54, 1.807) is 30.9 Å². The van der Waals surface area contributed by atoms with E-state index in [0.29, 0.717) is 22.4 Å². The molecule has 0 aliphatic heterocycles. The lowest BCUT2D eigenvalue weighted by Crippen LogP contribution is -2.08. The number of fused-ring (bicyclic) bond motifs is 6. The fourth-order valence-corrected chi connectivity index (χ4v) is 13.4. The zero-order valence-corrected chi connectivity index (χ0v) is 50.0. The summed E-state index contributed by atoms with van der Waals surface area (Å²) in [6.07, 6.45) is 2.28. The Bertz CT molecular complexity index is 5470. The molecule has 0 N–H and O–H groups in total. The molecule has 8 nitrogen and oxygen atoms in total. The Morgan fingerprint density at radius 2 is 0.649 bits per heavy atom. The van der Waals surface area contributed by atoms with Gasteiger partial charge < -0.3 is 9.13 Å². The van der Waals surface area contributed by atoms with Gasteiger partial charge in [-0.3, -0.25) is 19.9 Å². The zero-order valence-electron chi connectivity index (χ0n) is 50.0. The number of halogens is 3. The van der Waals surface area contributed by atoms with Crippen LogP contribution in [0.4, 0.5) is 13.2 Å². The second-order valence-corrected chi connectivity index (χ2v) is 23.0. The highest BCUT2D eigenvalue weighted by molar-refractivity contribution is 6.14. The minimum absolute atomic E-state index is 0.0887. The van der Waals surface area contributed by atoms with E-state index >= 15 is 13.2 Å². The zero-order chi connectivity index (χ0) is 63.4. The number of hydrogen-bond acceptors (Lipinski definition) is 6. The third kappa shape index (κ3) is 9.80. The van der Waals surface area contributed by atoms with Gasteiger partial charge in [-0.25, -0.2) is 0 Å².